The first-order valence-corrected chi connectivity index (χ1v) is 13.8. The topological polar surface area (TPSA) is 105 Å². The molecule has 0 fully saturated rings. The first-order valence-electron chi connectivity index (χ1n) is 11.9. The maximum atomic E-state index is 13.7. The van der Waals surface area contributed by atoms with E-state index in [1.54, 1.807) is 55.5 Å². The molecule has 2 N–H and O–H groups in total. The number of nitrogens with one attached hydrogen (secondary N) is 2. The number of amides is 2. The second-order valence-corrected chi connectivity index (χ2v) is 10.4. The molecular weight excluding hydrogens is 514 g/mol. The van der Waals surface area contributed by atoms with Crippen LogP contribution >= 0.6 is 11.6 Å². The van der Waals surface area contributed by atoms with E-state index in [9.17, 15) is 18.0 Å². The van der Waals surface area contributed by atoms with E-state index in [4.69, 9.17) is 16.3 Å². The van der Waals surface area contributed by atoms with Gasteiger partial charge in [-0.05, 0) is 61.9 Å². The molecule has 196 valence electrons. The summed E-state index contributed by atoms with van der Waals surface area (Å²) >= 11 is 5.95. The Balaban J connectivity index is 1.94. The van der Waals surface area contributed by atoms with Gasteiger partial charge in [0.25, 0.3) is 15.9 Å². The number of sulfonamides is 1. The van der Waals surface area contributed by atoms with Crippen molar-refractivity contribution in [2.75, 3.05) is 29.3 Å². The van der Waals surface area contributed by atoms with Gasteiger partial charge >= 0.3 is 0 Å². The SMILES string of the molecule is CCCCNC(=O)c1ccccc1NC(=O)CN(c1ccccc1OCC)S(=O)(=O)c1ccc(Cl)cc1. The molecule has 0 heterocycles. The van der Waals surface area contributed by atoms with Crippen molar-refractivity contribution in [2.24, 2.45) is 0 Å². The molecule has 8 nitrogen and oxygen atoms in total. The Morgan fingerprint density at radius 2 is 1.62 bits per heavy atom. The highest BCUT2D eigenvalue weighted by Crippen LogP contribution is 2.33. The van der Waals surface area contributed by atoms with Gasteiger partial charge < -0.3 is 15.4 Å². The van der Waals surface area contributed by atoms with E-state index in [2.05, 4.69) is 10.6 Å². The van der Waals surface area contributed by atoms with Crippen LogP contribution in [0.15, 0.2) is 77.7 Å². The van der Waals surface area contributed by atoms with Crippen LogP contribution in [0.2, 0.25) is 5.02 Å². The van der Waals surface area contributed by atoms with Gasteiger partial charge in [-0.1, -0.05) is 49.2 Å². The van der Waals surface area contributed by atoms with Crippen LogP contribution in [0.4, 0.5) is 11.4 Å². The number of carbonyl (C=O) groups is 2. The highest BCUT2D eigenvalue weighted by Gasteiger charge is 2.30. The number of hydrogen-bond donors (Lipinski definition) is 2. The second kappa shape index (κ2) is 13.1. The standard InChI is InChI=1S/C27H30ClN3O5S/c1-3-5-18-29-27(33)22-10-6-7-11-23(22)30-26(32)19-31(24-12-8-9-13-25(24)36-4-2)37(34,35)21-16-14-20(28)15-17-21/h6-17H,3-5,18-19H2,1-2H3,(H,29,33)(H,30,32). The normalized spacial score (nSPS) is 11.0. The number of benzene rings is 3. The number of hydrogen-bond acceptors (Lipinski definition) is 5. The third-order valence-corrected chi connectivity index (χ3v) is 7.41. The minimum absolute atomic E-state index is 0.0355. The number of unbranched alkanes of at least 4 members (excludes halogenated alkanes) is 1. The molecule has 0 aliphatic carbocycles. The van der Waals surface area contributed by atoms with E-state index in [1.165, 1.54) is 24.3 Å². The molecule has 0 aliphatic rings. The largest absolute Gasteiger partial charge is 0.492 e. The van der Waals surface area contributed by atoms with Crippen LogP contribution < -0.4 is 19.7 Å². The van der Waals surface area contributed by atoms with Crippen molar-refractivity contribution in [3.63, 3.8) is 0 Å². The molecule has 0 aromatic heterocycles. The number of halogens is 1. The molecule has 0 radical (unpaired) electrons. The number of para-hydroxylation sites is 3. The Bertz CT molecular complexity index is 1330. The van der Waals surface area contributed by atoms with Crippen molar-refractivity contribution in [3.8, 4) is 5.75 Å². The van der Waals surface area contributed by atoms with Crippen LogP contribution in [-0.4, -0.2) is 39.9 Å². The number of ether oxygens (including phenoxy) is 1. The second-order valence-electron chi connectivity index (χ2n) is 8.07. The van der Waals surface area contributed by atoms with Crippen molar-refractivity contribution in [2.45, 2.75) is 31.6 Å². The lowest BCUT2D eigenvalue weighted by Gasteiger charge is -2.26. The van der Waals surface area contributed by atoms with Gasteiger partial charge in [-0.3, -0.25) is 13.9 Å². The molecule has 2 amide bonds. The smallest absolute Gasteiger partial charge is 0.264 e. The number of rotatable bonds is 12. The summed E-state index contributed by atoms with van der Waals surface area (Å²) in [7, 11) is -4.19. The van der Waals surface area contributed by atoms with Gasteiger partial charge in [0.15, 0.2) is 0 Å². The molecule has 37 heavy (non-hydrogen) atoms. The van der Waals surface area contributed by atoms with Crippen LogP contribution in [0.3, 0.4) is 0 Å². The molecule has 3 aromatic carbocycles. The van der Waals surface area contributed by atoms with Gasteiger partial charge in [-0.15, -0.1) is 0 Å². The lowest BCUT2D eigenvalue weighted by Crippen LogP contribution is -2.38. The fraction of sp³-hybridized carbons (Fsp3) is 0.259. The monoisotopic (exact) mass is 543 g/mol. The van der Waals surface area contributed by atoms with Crippen molar-refractivity contribution < 1.29 is 22.7 Å². The molecule has 0 atom stereocenters. The van der Waals surface area contributed by atoms with Crippen molar-refractivity contribution in [3.05, 3.63) is 83.4 Å². The zero-order valence-corrected chi connectivity index (χ0v) is 22.3. The average molecular weight is 544 g/mol. The molecule has 0 saturated heterocycles. The summed E-state index contributed by atoms with van der Waals surface area (Å²) in [4.78, 5) is 25.8. The van der Waals surface area contributed by atoms with E-state index >= 15 is 0 Å². The van der Waals surface area contributed by atoms with Crippen LogP contribution in [0, 0.1) is 0 Å². The van der Waals surface area contributed by atoms with E-state index < -0.39 is 22.5 Å². The minimum atomic E-state index is -4.19. The first-order chi connectivity index (χ1) is 17.8. The third kappa shape index (κ3) is 7.24. The minimum Gasteiger partial charge on any atom is -0.492 e. The summed E-state index contributed by atoms with van der Waals surface area (Å²) in [5.74, 6) is -0.639. The summed E-state index contributed by atoms with van der Waals surface area (Å²) in [6.07, 6.45) is 1.76. The van der Waals surface area contributed by atoms with Gasteiger partial charge in [0, 0.05) is 11.6 Å². The molecule has 10 heteroatoms. The van der Waals surface area contributed by atoms with E-state index in [0.717, 1.165) is 17.1 Å². The van der Waals surface area contributed by atoms with Gasteiger partial charge in [0.1, 0.15) is 12.3 Å². The summed E-state index contributed by atoms with van der Waals surface area (Å²) < 4.78 is 34.0. The highest BCUT2D eigenvalue weighted by molar-refractivity contribution is 7.92. The van der Waals surface area contributed by atoms with Crippen LogP contribution in [-0.2, 0) is 14.8 Å². The molecule has 0 saturated carbocycles. The maximum Gasteiger partial charge on any atom is 0.264 e. The average Bonchev–Trinajstić information content (AvgIpc) is 2.88. The fourth-order valence-corrected chi connectivity index (χ4v) is 5.12. The Kier molecular flexibility index (Phi) is 9.93. The van der Waals surface area contributed by atoms with E-state index in [0.29, 0.717) is 23.9 Å². The quantitative estimate of drug-likeness (QED) is 0.309. The van der Waals surface area contributed by atoms with Gasteiger partial charge in [-0.2, -0.15) is 0 Å². The van der Waals surface area contributed by atoms with Gasteiger partial charge in [-0.25, -0.2) is 8.42 Å². The molecule has 0 bridgehead atoms. The fourth-order valence-electron chi connectivity index (χ4n) is 3.56. The number of nitrogens with zero attached hydrogens (tertiary/aromatic N) is 1. The molecule has 0 unspecified atom stereocenters. The van der Waals surface area contributed by atoms with Gasteiger partial charge in [0.2, 0.25) is 5.91 Å². The summed E-state index contributed by atoms with van der Waals surface area (Å²) in [6, 6.07) is 18.9. The van der Waals surface area contributed by atoms with Crippen LogP contribution in [0.25, 0.3) is 0 Å². The summed E-state index contributed by atoms with van der Waals surface area (Å²) in [5.41, 5.74) is 0.775. The Morgan fingerprint density at radius 1 is 0.946 bits per heavy atom. The number of anilines is 2. The Hall–Kier alpha value is -3.56. The third-order valence-electron chi connectivity index (χ3n) is 5.38. The first kappa shape index (κ1) is 28.0. The molecule has 0 spiro atoms. The predicted molar refractivity (Wildman–Crippen MR) is 146 cm³/mol. The number of carbonyl (C=O) groups excluding carboxylic acids is 2. The predicted octanol–water partition coefficient (Wildman–Crippen LogP) is 5.10. The van der Waals surface area contributed by atoms with Gasteiger partial charge in [0.05, 0.1) is 28.4 Å². The molecule has 3 aromatic rings. The summed E-state index contributed by atoms with van der Waals surface area (Å²) in [5, 5.41) is 5.91. The maximum absolute atomic E-state index is 13.7. The zero-order valence-electron chi connectivity index (χ0n) is 20.7. The lowest BCUT2D eigenvalue weighted by molar-refractivity contribution is -0.114. The lowest BCUT2D eigenvalue weighted by atomic mass is 10.1. The van der Waals surface area contributed by atoms with Crippen LogP contribution in [0.1, 0.15) is 37.0 Å². The summed E-state index contributed by atoms with van der Waals surface area (Å²) in [6.45, 7) is 4.07. The van der Waals surface area contributed by atoms with E-state index in [1.807, 2.05) is 6.92 Å². The highest BCUT2D eigenvalue weighted by atomic mass is 35.5. The molecule has 3 rings (SSSR count). The Morgan fingerprint density at radius 3 is 2.32 bits per heavy atom. The zero-order chi connectivity index (χ0) is 26.8. The van der Waals surface area contributed by atoms with Crippen LogP contribution in [0.5, 0.6) is 5.75 Å². The molecule has 0 aliphatic heterocycles. The Labute approximate surface area is 222 Å². The van der Waals surface area contributed by atoms with Crippen molar-refractivity contribution in [1.29, 1.82) is 0 Å². The van der Waals surface area contributed by atoms with E-state index in [-0.39, 0.29) is 27.7 Å². The van der Waals surface area contributed by atoms with Crippen molar-refractivity contribution >= 4 is 44.8 Å². The van der Waals surface area contributed by atoms with Crippen molar-refractivity contribution in [1.82, 2.24) is 5.32 Å². The molecular formula is C27H30ClN3O5S.